The fourth-order valence-corrected chi connectivity index (χ4v) is 4.51. The first-order chi connectivity index (χ1) is 14.1. The lowest BCUT2D eigenvalue weighted by Gasteiger charge is -2.25. The second-order valence-corrected chi connectivity index (χ2v) is 8.24. The number of nitrogens with zero attached hydrogens (tertiary/aromatic N) is 2. The number of hydrogen-bond acceptors (Lipinski definition) is 3. The van der Waals surface area contributed by atoms with Crippen molar-refractivity contribution in [2.75, 3.05) is 6.54 Å². The van der Waals surface area contributed by atoms with Crippen LogP contribution in [0, 0.1) is 5.82 Å². The maximum atomic E-state index is 13.5. The number of halogens is 2. The van der Waals surface area contributed by atoms with Crippen LogP contribution in [0.1, 0.15) is 43.3 Å². The molecule has 0 bridgehead atoms. The molecule has 1 aliphatic rings. The van der Waals surface area contributed by atoms with Gasteiger partial charge in [-0.15, -0.1) is 0 Å². The van der Waals surface area contributed by atoms with Crippen molar-refractivity contribution in [2.45, 2.75) is 31.8 Å². The Morgan fingerprint density at radius 1 is 1.24 bits per heavy atom. The maximum absolute atomic E-state index is 13.5. The second-order valence-electron chi connectivity index (χ2n) is 7.00. The molecule has 1 N–H and O–H groups in total. The Labute approximate surface area is 183 Å². The van der Waals surface area contributed by atoms with E-state index < -0.39 is 0 Å². The highest BCUT2D eigenvalue weighted by Crippen LogP contribution is 2.41. The molecule has 2 aromatic heterocycles. The zero-order valence-corrected chi connectivity index (χ0v) is 18.3. The fraction of sp³-hybridized carbons (Fsp3) is 0.273. The molecule has 29 heavy (non-hydrogen) atoms. The van der Waals surface area contributed by atoms with Crippen LogP contribution in [0.4, 0.5) is 4.39 Å². The van der Waals surface area contributed by atoms with E-state index in [9.17, 15) is 4.39 Å². The van der Waals surface area contributed by atoms with Crippen molar-refractivity contribution in [1.82, 2.24) is 15.2 Å². The van der Waals surface area contributed by atoms with Gasteiger partial charge in [0.05, 0.1) is 11.7 Å². The minimum absolute atomic E-state index is 0.100. The molecule has 7 heteroatoms. The molecular weight excluding hydrogens is 453 g/mol. The van der Waals surface area contributed by atoms with Crippen LogP contribution in [0.15, 0.2) is 63.6 Å². The van der Waals surface area contributed by atoms with E-state index in [1.807, 2.05) is 30.3 Å². The fourth-order valence-electron chi connectivity index (χ4n) is 3.63. The van der Waals surface area contributed by atoms with Crippen molar-refractivity contribution < 1.29 is 8.81 Å². The van der Waals surface area contributed by atoms with Crippen molar-refractivity contribution in [3.63, 3.8) is 0 Å². The summed E-state index contributed by atoms with van der Waals surface area (Å²) in [6, 6.07) is 14.1. The first-order valence-corrected chi connectivity index (χ1v) is 10.8. The first-order valence-electron chi connectivity index (χ1n) is 9.61. The molecule has 0 saturated carbocycles. The summed E-state index contributed by atoms with van der Waals surface area (Å²) >= 11 is 9.07. The average molecular weight is 474 g/mol. The number of unbranched alkanes of at least 4 members (excludes halogenated alkanes) is 1. The highest BCUT2D eigenvalue weighted by molar-refractivity contribution is 9.10. The van der Waals surface area contributed by atoms with Crippen LogP contribution in [0.25, 0.3) is 11.3 Å². The first kappa shape index (κ1) is 20.0. The van der Waals surface area contributed by atoms with Crippen LogP contribution >= 0.6 is 28.1 Å². The summed E-state index contributed by atoms with van der Waals surface area (Å²) in [5.74, 6) is 1.19. The predicted octanol–water partition coefficient (Wildman–Crippen LogP) is 6.02. The SMILES string of the molecule is CCCCN1C(=S)N[C@H](c2ccccn2)[C@H]1c1ccc(-c2ccc(F)cc2Br)o1. The highest BCUT2D eigenvalue weighted by Gasteiger charge is 2.41. The molecule has 0 radical (unpaired) electrons. The minimum atomic E-state index is -0.293. The monoisotopic (exact) mass is 473 g/mol. The molecule has 0 spiro atoms. The van der Waals surface area contributed by atoms with E-state index in [0.29, 0.717) is 15.3 Å². The summed E-state index contributed by atoms with van der Waals surface area (Å²) in [7, 11) is 0. The van der Waals surface area contributed by atoms with E-state index >= 15 is 0 Å². The van der Waals surface area contributed by atoms with E-state index in [0.717, 1.165) is 36.4 Å². The summed E-state index contributed by atoms with van der Waals surface area (Å²) in [6.07, 6.45) is 3.89. The lowest BCUT2D eigenvalue weighted by Crippen LogP contribution is -2.30. The van der Waals surface area contributed by atoms with Crippen molar-refractivity contribution in [2.24, 2.45) is 0 Å². The van der Waals surface area contributed by atoms with Gasteiger partial charge in [0.15, 0.2) is 5.11 Å². The van der Waals surface area contributed by atoms with Gasteiger partial charge in [0.2, 0.25) is 0 Å². The van der Waals surface area contributed by atoms with Crippen molar-refractivity contribution in [1.29, 1.82) is 0 Å². The molecule has 1 fully saturated rings. The van der Waals surface area contributed by atoms with Crippen LogP contribution in [-0.4, -0.2) is 21.5 Å². The molecule has 0 amide bonds. The Bertz CT molecular complexity index is 1010. The Kier molecular flexibility index (Phi) is 5.96. The number of nitrogens with one attached hydrogen (secondary N) is 1. The molecule has 4 nitrogen and oxygen atoms in total. The number of rotatable bonds is 6. The van der Waals surface area contributed by atoms with Gasteiger partial charge in [-0.25, -0.2) is 4.39 Å². The van der Waals surface area contributed by atoms with Crippen molar-refractivity contribution >= 4 is 33.3 Å². The molecule has 150 valence electrons. The lowest BCUT2D eigenvalue weighted by atomic mass is 10.0. The highest BCUT2D eigenvalue weighted by atomic mass is 79.9. The van der Waals surface area contributed by atoms with Crippen LogP contribution in [-0.2, 0) is 0 Å². The second kappa shape index (κ2) is 8.63. The Hall–Kier alpha value is -2.25. The number of aromatic nitrogens is 1. The third-order valence-electron chi connectivity index (χ3n) is 5.07. The number of hydrogen-bond donors (Lipinski definition) is 1. The number of furan rings is 1. The lowest BCUT2D eigenvalue weighted by molar-refractivity contribution is 0.271. The van der Waals surface area contributed by atoms with Gasteiger partial charge in [0.1, 0.15) is 23.4 Å². The molecule has 4 rings (SSSR count). The third kappa shape index (κ3) is 4.07. The zero-order valence-electron chi connectivity index (χ0n) is 15.9. The van der Waals surface area contributed by atoms with E-state index in [1.165, 1.54) is 12.1 Å². The molecule has 1 aliphatic heterocycles. The van der Waals surface area contributed by atoms with E-state index in [4.69, 9.17) is 16.6 Å². The Morgan fingerprint density at radius 2 is 2.10 bits per heavy atom. The smallest absolute Gasteiger partial charge is 0.170 e. The molecule has 2 atom stereocenters. The average Bonchev–Trinajstić information content (AvgIpc) is 3.31. The summed E-state index contributed by atoms with van der Waals surface area (Å²) in [6.45, 7) is 3.00. The predicted molar refractivity (Wildman–Crippen MR) is 119 cm³/mol. The Morgan fingerprint density at radius 3 is 2.83 bits per heavy atom. The Balaban J connectivity index is 1.72. The zero-order chi connectivity index (χ0) is 20.4. The van der Waals surface area contributed by atoms with E-state index in [1.54, 1.807) is 12.3 Å². The molecule has 0 unspecified atom stereocenters. The van der Waals surface area contributed by atoms with E-state index in [-0.39, 0.29) is 17.9 Å². The van der Waals surface area contributed by atoms with Gasteiger partial charge in [-0.05, 0) is 77.0 Å². The summed E-state index contributed by atoms with van der Waals surface area (Å²) in [5.41, 5.74) is 1.72. The van der Waals surface area contributed by atoms with Gasteiger partial charge in [-0.3, -0.25) is 4.98 Å². The van der Waals surface area contributed by atoms with Gasteiger partial charge in [-0.1, -0.05) is 19.4 Å². The number of thiocarbonyl (C=S) groups is 1. The third-order valence-corrected chi connectivity index (χ3v) is 6.07. The molecule has 3 aromatic rings. The van der Waals surface area contributed by atoms with Crippen LogP contribution in [0.5, 0.6) is 0 Å². The number of benzene rings is 1. The summed E-state index contributed by atoms with van der Waals surface area (Å²) in [4.78, 5) is 6.72. The number of pyridine rings is 1. The van der Waals surface area contributed by atoms with Gasteiger partial charge < -0.3 is 14.6 Å². The summed E-state index contributed by atoms with van der Waals surface area (Å²) < 4.78 is 20.4. The van der Waals surface area contributed by atoms with E-state index in [2.05, 4.69) is 38.1 Å². The van der Waals surface area contributed by atoms with Crippen LogP contribution < -0.4 is 5.32 Å². The topological polar surface area (TPSA) is 41.3 Å². The van der Waals surface area contributed by atoms with Gasteiger partial charge in [0.25, 0.3) is 0 Å². The van der Waals surface area contributed by atoms with Crippen LogP contribution in [0.2, 0.25) is 0 Å². The van der Waals surface area contributed by atoms with Crippen LogP contribution in [0.3, 0.4) is 0 Å². The molecular formula is C22H21BrFN3OS. The summed E-state index contributed by atoms with van der Waals surface area (Å²) in [5, 5.41) is 4.13. The van der Waals surface area contributed by atoms with Gasteiger partial charge >= 0.3 is 0 Å². The quantitative estimate of drug-likeness (QED) is 0.443. The van der Waals surface area contributed by atoms with Gasteiger partial charge in [0, 0.05) is 22.8 Å². The molecule has 1 aromatic carbocycles. The van der Waals surface area contributed by atoms with Crippen molar-refractivity contribution in [3.05, 3.63) is 76.5 Å². The van der Waals surface area contributed by atoms with Crippen molar-refractivity contribution in [3.8, 4) is 11.3 Å². The normalized spacial score (nSPS) is 18.9. The molecule has 0 aliphatic carbocycles. The largest absolute Gasteiger partial charge is 0.459 e. The standard InChI is InChI=1S/C22H21BrFN3OS/c1-2-3-12-27-21(20(26-22(27)29)17-6-4-5-11-25-17)19-10-9-18(28-19)15-8-7-14(24)13-16(15)23/h4-11,13,20-21H,2-3,12H2,1H3,(H,26,29)/t20-,21-/m1/s1. The minimum Gasteiger partial charge on any atom is -0.459 e. The van der Waals surface area contributed by atoms with Gasteiger partial charge in [-0.2, -0.15) is 0 Å². The molecule has 3 heterocycles. The maximum Gasteiger partial charge on any atom is 0.170 e. The molecule has 1 saturated heterocycles.